The number of carbonyl (C=O) groups is 2. The van der Waals surface area contributed by atoms with Crippen molar-refractivity contribution in [2.75, 3.05) is 39.4 Å². The molecule has 0 bridgehead atoms. The second kappa shape index (κ2) is 11.2. The lowest BCUT2D eigenvalue weighted by Crippen LogP contribution is -2.66. The molecule has 36 heavy (non-hydrogen) atoms. The summed E-state index contributed by atoms with van der Waals surface area (Å²) < 4.78 is 7.55. The molecule has 3 heterocycles. The van der Waals surface area contributed by atoms with Gasteiger partial charge < -0.3 is 19.5 Å². The summed E-state index contributed by atoms with van der Waals surface area (Å²) in [5, 5.41) is 3.39. The second-order valence-corrected chi connectivity index (χ2v) is 10.8. The van der Waals surface area contributed by atoms with Crippen molar-refractivity contribution in [3.05, 3.63) is 48.2 Å². The summed E-state index contributed by atoms with van der Waals surface area (Å²) in [6.45, 7) is 6.84. The van der Waals surface area contributed by atoms with E-state index < -0.39 is 5.54 Å². The van der Waals surface area contributed by atoms with Crippen LogP contribution in [0.5, 0.6) is 0 Å². The minimum Gasteiger partial charge on any atom is -0.379 e. The Kier molecular flexibility index (Phi) is 7.77. The molecule has 1 saturated heterocycles. The fourth-order valence-electron chi connectivity index (χ4n) is 5.99. The van der Waals surface area contributed by atoms with Gasteiger partial charge in [0, 0.05) is 37.9 Å². The molecule has 1 saturated carbocycles. The third-order valence-corrected chi connectivity index (χ3v) is 8.25. The van der Waals surface area contributed by atoms with E-state index in [2.05, 4.69) is 26.9 Å². The number of benzene rings is 1. The lowest BCUT2D eigenvalue weighted by Gasteiger charge is -2.45. The highest BCUT2D eigenvalue weighted by molar-refractivity contribution is 6.00. The molecule has 2 aromatic rings. The van der Waals surface area contributed by atoms with Gasteiger partial charge in [-0.15, -0.1) is 0 Å². The van der Waals surface area contributed by atoms with Gasteiger partial charge in [0.2, 0.25) is 5.91 Å². The van der Waals surface area contributed by atoms with E-state index in [4.69, 9.17) is 4.74 Å². The molecule has 1 aromatic carbocycles. The number of amides is 2. The average Bonchev–Trinajstić information content (AvgIpc) is 3.30. The van der Waals surface area contributed by atoms with Gasteiger partial charge in [0.05, 0.1) is 19.8 Å². The normalized spacial score (nSPS) is 24.1. The lowest BCUT2D eigenvalue weighted by molar-refractivity contribution is -0.134. The Morgan fingerprint density at radius 2 is 1.61 bits per heavy atom. The van der Waals surface area contributed by atoms with Gasteiger partial charge >= 0.3 is 0 Å². The van der Waals surface area contributed by atoms with Gasteiger partial charge in [0.1, 0.15) is 11.2 Å². The Hall–Kier alpha value is -2.64. The summed E-state index contributed by atoms with van der Waals surface area (Å²) in [7, 11) is 0. The largest absolute Gasteiger partial charge is 0.379 e. The number of morpholine rings is 1. The highest BCUT2D eigenvalue weighted by Crippen LogP contribution is 2.33. The van der Waals surface area contributed by atoms with Gasteiger partial charge in [-0.05, 0) is 37.5 Å². The van der Waals surface area contributed by atoms with Crippen LogP contribution in [0.1, 0.15) is 62.4 Å². The highest BCUT2D eigenvalue weighted by Gasteiger charge is 2.48. The topological polar surface area (TPSA) is 66.8 Å². The number of carbonyl (C=O) groups excluding carboxylic acids is 2. The maximum absolute atomic E-state index is 14.0. The second-order valence-electron chi connectivity index (χ2n) is 10.8. The molecule has 7 heteroatoms. The molecule has 0 spiro atoms. The Bertz CT molecular complexity index is 1040. The van der Waals surface area contributed by atoms with Crippen LogP contribution in [0, 0.1) is 0 Å². The van der Waals surface area contributed by atoms with E-state index in [0.29, 0.717) is 18.8 Å². The first-order chi connectivity index (χ1) is 17.6. The molecule has 1 aliphatic carbocycles. The molecule has 5 rings (SSSR count). The van der Waals surface area contributed by atoms with Gasteiger partial charge in [0.25, 0.3) is 5.91 Å². The summed E-state index contributed by atoms with van der Waals surface area (Å²) in [6.07, 6.45) is 8.12. The Balaban J connectivity index is 1.43. The minimum absolute atomic E-state index is 0.0261. The van der Waals surface area contributed by atoms with Gasteiger partial charge in [-0.3, -0.25) is 14.5 Å². The molecular formula is C29H40N4O3. The fourth-order valence-corrected chi connectivity index (χ4v) is 5.99. The molecule has 0 radical (unpaired) electrons. The first-order valence-corrected chi connectivity index (χ1v) is 13.7. The van der Waals surface area contributed by atoms with E-state index in [-0.39, 0.29) is 17.9 Å². The molecule has 3 aliphatic rings. The molecule has 1 atom stereocenters. The van der Waals surface area contributed by atoms with Crippen LogP contribution in [-0.2, 0) is 16.1 Å². The molecule has 2 fully saturated rings. The van der Waals surface area contributed by atoms with Crippen LogP contribution in [0.15, 0.2) is 42.5 Å². The van der Waals surface area contributed by atoms with Crippen molar-refractivity contribution in [3.8, 4) is 11.3 Å². The molecular weight excluding hydrogens is 452 g/mol. The van der Waals surface area contributed by atoms with Crippen molar-refractivity contribution in [2.45, 2.75) is 70.0 Å². The highest BCUT2D eigenvalue weighted by atomic mass is 16.5. The number of fused-ring (bicyclic) bond motifs is 1. The number of hydrogen-bond acceptors (Lipinski definition) is 4. The third-order valence-electron chi connectivity index (χ3n) is 8.25. The first kappa shape index (κ1) is 25.0. The van der Waals surface area contributed by atoms with Crippen molar-refractivity contribution in [2.24, 2.45) is 0 Å². The van der Waals surface area contributed by atoms with Crippen LogP contribution < -0.4 is 5.32 Å². The summed E-state index contributed by atoms with van der Waals surface area (Å²) in [4.78, 5) is 32.1. The summed E-state index contributed by atoms with van der Waals surface area (Å²) >= 11 is 0. The van der Waals surface area contributed by atoms with Gasteiger partial charge in [0.15, 0.2) is 0 Å². The monoisotopic (exact) mass is 492 g/mol. The minimum atomic E-state index is -0.957. The van der Waals surface area contributed by atoms with Crippen LogP contribution in [0.25, 0.3) is 11.3 Å². The number of hydrogen-bond donors (Lipinski definition) is 1. The number of aromatic nitrogens is 1. The van der Waals surface area contributed by atoms with Crippen molar-refractivity contribution in [3.63, 3.8) is 0 Å². The van der Waals surface area contributed by atoms with Crippen LogP contribution in [0.3, 0.4) is 0 Å². The third kappa shape index (κ3) is 5.23. The van der Waals surface area contributed by atoms with Crippen LogP contribution in [0.4, 0.5) is 0 Å². The number of nitrogens with zero attached hydrogens (tertiary/aromatic N) is 3. The lowest BCUT2D eigenvalue weighted by atomic mass is 9.92. The molecule has 7 nitrogen and oxygen atoms in total. The maximum Gasteiger partial charge on any atom is 0.271 e. The van der Waals surface area contributed by atoms with Gasteiger partial charge in [-0.25, -0.2) is 0 Å². The summed E-state index contributed by atoms with van der Waals surface area (Å²) in [5.41, 5.74) is 1.74. The standard InChI is InChI=1S/C29H40N4O3/c1-29(28(35)30-24-12-8-3-2-4-9-13-24)22-32-25(23-10-6-5-7-11-23)14-15-26(32)27(34)33(29)17-16-31-18-20-36-21-19-31/h5-7,10-11,14-15,24H,2-4,8-9,12-13,16-22H2,1H3,(H,30,35). The quantitative estimate of drug-likeness (QED) is 0.664. The van der Waals surface area contributed by atoms with Crippen molar-refractivity contribution in [1.29, 1.82) is 0 Å². The molecule has 2 aliphatic heterocycles. The van der Waals surface area contributed by atoms with Crippen LogP contribution >= 0.6 is 0 Å². The van der Waals surface area contributed by atoms with E-state index in [1.165, 1.54) is 19.3 Å². The number of ether oxygens (including phenoxy) is 1. The van der Waals surface area contributed by atoms with Crippen molar-refractivity contribution < 1.29 is 14.3 Å². The SMILES string of the molecule is CC1(C(=O)NC2CCCCCCC2)Cn2c(ccc2-c2ccccc2)C(=O)N1CCN1CCOCC1. The van der Waals surface area contributed by atoms with E-state index in [1.807, 2.05) is 42.2 Å². The summed E-state index contributed by atoms with van der Waals surface area (Å²) in [6, 6.07) is 14.2. The molecule has 2 amide bonds. The van der Waals surface area contributed by atoms with E-state index in [0.717, 1.165) is 69.8 Å². The Labute approximate surface area is 214 Å². The van der Waals surface area contributed by atoms with Gasteiger partial charge in [-0.2, -0.15) is 0 Å². The zero-order valence-electron chi connectivity index (χ0n) is 21.6. The molecule has 1 N–H and O–H groups in total. The molecule has 194 valence electrons. The number of nitrogens with one attached hydrogen (secondary N) is 1. The average molecular weight is 493 g/mol. The molecule has 1 unspecified atom stereocenters. The predicted octanol–water partition coefficient (Wildman–Crippen LogP) is 3.93. The van der Waals surface area contributed by atoms with E-state index in [1.54, 1.807) is 0 Å². The Morgan fingerprint density at radius 1 is 0.944 bits per heavy atom. The first-order valence-electron chi connectivity index (χ1n) is 13.7. The zero-order chi connectivity index (χ0) is 25.0. The predicted molar refractivity (Wildman–Crippen MR) is 141 cm³/mol. The van der Waals surface area contributed by atoms with E-state index in [9.17, 15) is 9.59 Å². The summed E-state index contributed by atoms with van der Waals surface area (Å²) in [5.74, 6) is -0.0891. The van der Waals surface area contributed by atoms with Crippen LogP contribution in [-0.4, -0.2) is 77.2 Å². The van der Waals surface area contributed by atoms with E-state index >= 15 is 0 Å². The van der Waals surface area contributed by atoms with Crippen molar-refractivity contribution in [1.82, 2.24) is 19.7 Å². The van der Waals surface area contributed by atoms with Gasteiger partial charge in [-0.1, -0.05) is 62.4 Å². The smallest absolute Gasteiger partial charge is 0.271 e. The number of rotatable bonds is 6. The van der Waals surface area contributed by atoms with Crippen molar-refractivity contribution >= 4 is 11.8 Å². The van der Waals surface area contributed by atoms with Crippen LogP contribution in [0.2, 0.25) is 0 Å². The maximum atomic E-state index is 14.0. The molecule has 1 aromatic heterocycles. The Morgan fingerprint density at radius 3 is 2.33 bits per heavy atom. The fraction of sp³-hybridized carbons (Fsp3) is 0.586. The zero-order valence-corrected chi connectivity index (χ0v) is 21.6.